The number of carbonyl (C=O) groups excluding carboxylic acids is 3. The minimum Gasteiger partial charge on any atom is -0.493 e. The van der Waals surface area contributed by atoms with Crippen LogP contribution in [0.25, 0.3) is 0 Å². The lowest BCUT2D eigenvalue weighted by molar-refractivity contribution is -0.123. The smallest absolute Gasteiger partial charge is 0.338 e. The largest absolute Gasteiger partial charge is 0.493 e. The van der Waals surface area contributed by atoms with E-state index >= 15 is 0 Å². The van der Waals surface area contributed by atoms with Gasteiger partial charge in [0.15, 0.2) is 6.61 Å². The van der Waals surface area contributed by atoms with Crippen molar-refractivity contribution in [1.82, 2.24) is 10.9 Å². The predicted octanol–water partition coefficient (Wildman–Crippen LogP) is 3.25. The molecule has 9 heteroatoms. The summed E-state index contributed by atoms with van der Waals surface area (Å²) in [6, 6.07) is 11.1. The standard InChI is InChI=1S/C21H23BrN2O6/c1-3-11-29-21(27)14-5-8-16(9-6-14)30-13-19(25)23-24-20(26)15-7-10-18(28-4-2)17(22)12-15/h5-10,12H,3-4,11,13H2,1-2H3,(H,23,25)(H,24,26). The predicted molar refractivity (Wildman–Crippen MR) is 113 cm³/mol. The number of ether oxygens (including phenoxy) is 3. The van der Waals surface area contributed by atoms with Crippen LogP contribution in [0, 0.1) is 0 Å². The van der Waals surface area contributed by atoms with E-state index in [1.807, 2.05) is 13.8 Å². The Labute approximate surface area is 183 Å². The summed E-state index contributed by atoms with van der Waals surface area (Å²) in [7, 11) is 0. The van der Waals surface area contributed by atoms with E-state index in [0.29, 0.717) is 40.3 Å². The van der Waals surface area contributed by atoms with Crippen molar-refractivity contribution in [2.24, 2.45) is 0 Å². The Morgan fingerprint density at radius 1 is 0.933 bits per heavy atom. The first-order valence-electron chi connectivity index (χ1n) is 9.36. The van der Waals surface area contributed by atoms with Crippen molar-refractivity contribution in [3.05, 3.63) is 58.1 Å². The number of rotatable bonds is 9. The molecular formula is C21H23BrN2O6. The Balaban J connectivity index is 1.78. The molecule has 0 radical (unpaired) electrons. The van der Waals surface area contributed by atoms with Crippen LogP contribution in [0.3, 0.4) is 0 Å². The highest BCUT2D eigenvalue weighted by molar-refractivity contribution is 9.10. The molecular weight excluding hydrogens is 456 g/mol. The van der Waals surface area contributed by atoms with Gasteiger partial charge < -0.3 is 14.2 Å². The number of hydrazine groups is 1. The van der Waals surface area contributed by atoms with Gasteiger partial charge in [0.05, 0.1) is 23.2 Å². The van der Waals surface area contributed by atoms with Crippen molar-refractivity contribution < 1.29 is 28.6 Å². The van der Waals surface area contributed by atoms with Crippen LogP contribution in [0.1, 0.15) is 41.0 Å². The van der Waals surface area contributed by atoms with Crippen LogP contribution >= 0.6 is 15.9 Å². The first-order valence-corrected chi connectivity index (χ1v) is 10.1. The summed E-state index contributed by atoms with van der Waals surface area (Å²) in [6.45, 7) is 4.32. The zero-order valence-corrected chi connectivity index (χ0v) is 18.3. The minimum atomic E-state index is -0.542. The molecule has 2 N–H and O–H groups in total. The summed E-state index contributed by atoms with van der Waals surface area (Å²) in [5, 5.41) is 0. The summed E-state index contributed by atoms with van der Waals surface area (Å²) >= 11 is 3.33. The number of benzene rings is 2. The third-order valence-corrected chi connectivity index (χ3v) is 4.33. The maximum absolute atomic E-state index is 12.1. The molecule has 0 bridgehead atoms. The summed E-state index contributed by atoms with van der Waals surface area (Å²) < 4.78 is 16.4. The first-order chi connectivity index (χ1) is 14.4. The zero-order chi connectivity index (χ0) is 21.9. The quantitative estimate of drug-likeness (QED) is 0.423. The highest BCUT2D eigenvalue weighted by Gasteiger charge is 2.11. The van der Waals surface area contributed by atoms with E-state index in [4.69, 9.17) is 14.2 Å². The third-order valence-electron chi connectivity index (χ3n) is 3.71. The summed E-state index contributed by atoms with van der Waals surface area (Å²) in [6.07, 6.45) is 0.744. The average molecular weight is 479 g/mol. The number of hydrogen-bond acceptors (Lipinski definition) is 6. The van der Waals surface area contributed by atoms with Crippen molar-refractivity contribution in [2.75, 3.05) is 19.8 Å². The number of amides is 2. The average Bonchev–Trinajstić information content (AvgIpc) is 2.76. The van der Waals surface area contributed by atoms with Gasteiger partial charge in [-0.15, -0.1) is 0 Å². The molecule has 0 heterocycles. The highest BCUT2D eigenvalue weighted by Crippen LogP contribution is 2.25. The van der Waals surface area contributed by atoms with Gasteiger partial charge in [-0.05, 0) is 71.7 Å². The van der Waals surface area contributed by atoms with E-state index in [-0.39, 0.29) is 6.61 Å². The lowest BCUT2D eigenvalue weighted by Crippen LogP contribution is -2.43. The van der Waals surface area contributed by atoms with Crippen LogP contribution in [0.4, 0.5) is 0 Å². The molecule has 0 unspecified atom stereocenters. The molecule has 30 heavy (non-hydrogen) atoms. The van der Waals surface area contributed by atoms with Gasteiger partial charge in [0.25, 0.3) is 11.8 Å². The molecule has 0 saturated carbocycles. The second-order valence-electron chi connectivity index (χ2n) is 6.03. The van der Waals surface area contributed by atoms with Crippen LogP contribution in [-0.2, 0) is 9.53 Å². The molecule has 0 atom stereocenters. The molecule has 160 valence electrons. The Morgan fingerprint density at radius 2 is 1.63 bits per heavy atom. The number of halogens is 1. The highest BCUT2D eigenvalue weighted by atomic mass is 79.9. The number of hydrogen-bond donors (Lipinski definition) is 2. The monoisotopic (exact) mass is 478 g/mol. The van der Waals surface area contributed by atoms with E-state index in [2.05, 4.69) is 26.8 Å². The molecule has 0 spiro atoms. The van der Waals surface area contributed by atoms with Gasteiger partial charge in [0.1, 0.15) is 11.5 Å². The van der Waals surface area contributed by atoms with Crippen LogP contribution in [0.2, 0.25) is 0 Å². The fraction of sp³-hybridized carbons (Fsp3) is 0.286. The van der Waals surface area contributed by atoms with E-state index in [9.17, 15) is 14.4 Å². The minimum absolute atomic E-state index is 0.313. The van der Waals surface area contributed by atoms with Gasteiger partial charge >= 0.3 is 5.97 Å². The van der Waals surface area contributed by atoms with E-state index in [1.54, 1.807) is 42.5 Å². The maximum Gasteiger partial charge on any atom is 0.338 e. The van der Waals surface area contributed by atoms with Gasteiger partial charge in [0.2, 0.25) is 0 Å². The fourth-order valence-corrected chi connectivity index (χ4v) is 2.76. The molecule has 0 aliphatic rings. The molecule has 2 aromatic rings. The Kier molecular flexibility index (Phi) is 9.14. The molecule has 2 aromatic carbocycles. The van der Waals surface area contributed by atoms with Crippen LogP contribution in [-0.4, -0.2) is 37.6 Å². The number of esters is 1. The summed E-state index contributed by atoms with van der Waals surface area (Å²) in [5.41, 5.74) is 5.34. The molecule has 0 fully saturated rings. The molecule has 0 aromatic heterocycles. The zero-order valence-electron chi connectivity index (χ0n) is 16.7. The van der Waals surface area contributed by atoms with Crippen LogP contribution in [0.5, 0.6) is 11.5 Å². The maximum atomic E-state index is 12.1. The molecule has 2 amide bonds. The van der Waals surface area contributed by atoms with Crippen molar-refractivity contribution in [3.8, 4) is 11.5 Å². The van der Waals surface area contributed by atoms with Gasteiger partial charge in [-0.1, -0.05) is 6.92 Å². The van der Waals surface area contributed by atoms with Crippen molar-refractivity contribution in [3.63, 3.8) is 0 Å². The van der Waals surface area contributed by atoms with Crippen LogP contribution < -0.4 is 20.3 Å². The summed E-state index contributed by atoms with van der Waals surface area (Å²) in [4.78, 5) is 35.8. The second-order valence-corrected chi connectivity index (χ2v) is 6.88. The van der Waals surface area contributed by atoms with Gasteiger partial charge in [-0.25, -0.2) is 4.79 Å². The first kappa shape index (κ1) is 23.2. The third kappa shape index (κ3) is 7.07. The lowest BCUT2D eigenvalue weighted by atomic mass is 10.2. The normalized spacial score (nSPS) is 10.1. The number of carbonyl (C=O) groups is 3. The number of nitrogens with one attached hydrogen (secondary N) is 2. The molecule has 0 aliphatic carbocycles. The van der Waals surface area contributed by atoms with Gasteiger partial charge in [-0.3, -0.25) is 20.4 Å². The fourth-order valence-electron chi connectivity index (χ4n) is 2.26. The molecule has 0 saturated heterocycles. The van der Waals surface area contributed by atoms with Crippen molar-refractivity contribution in [1.29, 1.82) is 0 Å². The van der Waals surface area contributed by atoms with Crippen LogP contribution in [0.15, 0.2) is 46.9 Å². The Morgan fingerprint density at radius 3 is 2.27 bits per heavy atom. The van der Waals surface area contributed by atoms with E-state index in [1.165, 1.54) is 0 Å². The van der Waals surface area contributed by atoms with Crippen molar-refractivity contribution in [2.45, 2.75) is 20.3 Å². The second kappa shape index (κ2) is 11.8. The summed E-state index contributed by atoms with van der Waals surface area (Å²) in [5.74, 6) is -0.415. The van der Waals surface area contributed by atoms with E-state index in [0.717, 1.165) is 6.42 Å². The lowest BCUT2D eigenvalue weighted by Gasteiger charge is -2.10. The molecule has 8 nitrogen and oxygen atoms in total. The Hall–Kier alpha value is -3.07. The van der Waals surface area contributed by atoms with Crippen molar-refractivity contribution >= 4 is 33.7 Å². The Bertz CT molecular complexity index is 886. The van der Waals surface area contributed by atoms with Gasteiger partial charge in [0, 0.05) is 5.56 Å². The SMILES string of the molecule is CCCOC(=O)c1ccc(OCC(=O)NNC(=O)c2ccc(OCC)c(Br)c2)cc1. The van der Waals surface area contributed by atoms with E-state index < -0.39 is 17.8 Å². The topological polar surface area (TPSA) is 103 Å². The molecule has 0 aliphatic heterocycles. The molecule has 2 rings (SSSR count). The van der Waals surface area contributed by atoms with Gasteiger partial charge in [-0.2, -0.15) is 0 Å².